The van der Waals surface area contributed by atoms with E-state index < -0.39 is 11.8 Å². The normalized spacial score (nSPS) is 10.1. The number of pyridine rings is 1. The van der Waals surface area contributed by atoms with Crippen LogP contribution < -0.4 is 9.47 Å². The number of carboxylic acids is 1. The highest BCUT2D eigenvalue weighted by molar-refractivity contribution is 9.10. The first kappa shape index (κ1) is 16.0. The number of carboxylic acid groups (broad SMARTS) is 1. The van der Waals surface area contributed by atoms with Crippen LogP contribution in [0.3, 0.4) is 0 Å². The molecule has 1 heterocycles. The number of ketones is 1. The summed E-state index contributed by atoms with van der Waals surface area (Å²) in [4.78, 5) is 27.9. The first-order chi connectivity index (χ1) is 10.5. The maximum atomic E-state index is 12.6. The minimum atomic E-state index is -1.22. The summed E-state index contributed by atoms with van der Waals surface area (Å²) in [6.45, 7) is 0. The Morgan fingerprint density at radius 2 is 1.68 bits per heavy atom. The van der Waals surface area contributed by atoms with E-state index in [1.54, 1.807) is 0 Å². The maximum absolute atomic E-state index is 12.6. The molecule has 0 spiro atoms. The van der Waals surface area contributed by atoms with Gasteiger partial charge in [-0.1, -0.05) is 0 Å². The van der Waals surface area contributed by atoms with Crippen molar-refractivity contribution in [3.63, 3.8) is 0 Å². The van der Waals surface area contributed by atoms with Crippen LogP contribution in [0, 0.1) is 0 Å². The zero-order valence-electron chi connectivity index (χ0n) is 11.8. The number of benzene rings is 1. The van der Waals surface area contributed by atoms with Crippen molar-refractivity contribution < 1.29 is 24.2 Å². The number of hydrogen-bond acceptors (Lipinski definition) is 5. The number of carbonyl (C=O) groups is 2. The molecule has 2 rings (SSSR count). The van der Waals surface area contributed by atoms with E-state index in [1.165, 1.54) is 44.7 Å². The lowest BCUT2D eigenvalue weighted by atomic mass is 9.98. The number of rotatable bonds is 5. The smallest absolute Gasteiger partial charge is 0.336 e. The average Bonchev–Trinajstić information content (AvgIpc) is 2.52. The molecule has 0 bridgehead atoms. The average molecular weight is 366 g/mol. The summed E-state index contributed by atoms with van der Waals surface area (Å²) in [7, 11) is 2.81. The Bertz CT molecular complexity index is 745. The molecule has 1 aromatic heterocycles. The van der Waals surface area contributed by atoms with Crippen molar-refractivity contribution in [2.24, 2.45) is 0 Å². The molecule has 0 atom stereocenters. The molecule has 2 aromatic rings. The SMILES string of the molecule is COc1cc(C(=O)O)c(C(=O)c2ccnc(Br)c2)cc1OC. The van der Waals surface area contributed by atoms with E-state index in [2.05, 4.69) is 20.9 Å². The summed E-state index contributed by atoms with van der Waals surface area (Å²) in [5, 5.41) is 9.33. The van der Waals surface area contributed by atoms with Crippen LogP contribution in [0.1, 0.15) is 26.3 Å². The van der Waals surface area contributed by atoms with Crippen LogP contribution in [-0.2, 0) is 0 Å². The zero-order valence-corrected chi connectivity index (χ0v) is 13.4. The number of carbonyl (C=O) groups excluding carboxylic acids is 1. The molecule has 114 valence electrons. The maximum Gasteiger partial charge on any atom is 0.336 e. The highest BCUT2D eigenvalue weighted by Gasteiger charge is 2.22. The summed E-state index contributed by atoms with van der Waals surface area (Å²) in [5.41, 5.74) is 0.176. The van der Waals surface area contributed by atoms with Gasteiger partial charge in [0, 0.05) is 17.3 Å². The Balaban J connectivity index is 2.62. The van der Waals surface area contributed by atoms with Crippen molar-refractivity contribution in [3.8, 4) is 11.5 Å². The van der Waals surface area contributed by atoms with E-state index >= 15 is 0 Å². The van der Waals surface area contributed by atoms with Crippen LogP contribution in [0.15, 0.2) is 35.1 Å². The topological polar surface area (TPSA) is 85.7 Å². The summed E-state index contributed by atoms with van der Waals surface area (Å²) in [6, 6.07) is 5.66. The van der Waals surface area contributed by atoms with Gasteiger partial charge in [0.15, 0.2) is 17.3 Å². The molecule has 22 heavy (non-hydrogen) atoms. The van der Waals surface area contributed by atoms with Crippen molar-refractivity contribution >= 4 is 27.7 Å². The molecule has 1 N–H and O–H groups in total. The van der Waals surface area contributed by atoms with Gasteiger partial charge in [0.25, 0.3) is 0 Å². The lowest BCUT2D eigenvalue weighted by Crippen LogP contribution is -2.11. The molecule has 0 aliphatic heterocycles. The fourth-order valence-electron chi connectivity index (χ4n) is 1.94. The molecular formula is C15H12BrNO5. The van der Waals surface area contributed by atoms with E-state index in [0.717, 1.165) is 0 Å². The fourth-order valence-corrected chi connectivity index (χ4v) is 2.31. The fraction of sp³-hybridized carbons (Fsp3) is 0.133. The second kappa shape index (κ2) is 6.57. The Labute approximate surface area is 134 Å². The van der Waals surface area contributed by atoms with E-state index in [0.29, 0.717) is 10.2 Å². The third kappa shape index (κ3) is 3.09. The third-order valence-electron chi connectivity index (χ3n) is 2.99. The molecule has 0 unspecified atom stereocenters. The molecular weight excluding hydrogens is 354 g/mol. The van der Waals surface area contributed by atoms with Gasteiger partial charge >= 0.3 is 5.97 Å². The molecule has 0 saturated heterocycles. The minimum Gasteiger partial charge on any atom is -0.493 e. The van der Waals surface area contributed by atoms with Crippen LogP contribution in [0.25, 0.3) is 0 Å². The van der Waals surface area contributed by atoms with Crippen molar-refractivity contribution in [3.05, 3.63) is 51.8 Å². The van der Waals surface area contributed by atoms with Crippen molar-refractivity contribution in [2.45, 2.75) is 0 Å². The van der Waals surface area contributed by atoms with Gasteiger partial charge in [-0.05, 0) is 40.2 Å². The number of methoxy groups -OCH3 is 2. The number of aromatic carboxylic acids is 1. The summed E-state index contributed by atoms with van der Waals surface area (Å²) >= 11 is 3.18. The number of halogens is 1. The molecule has 0 aliphatic rings. The lowest BCUT2D eigenvalue weighted by molar-refractivity contribution is 0.0692. The highest BCUT2D eigenvalue weighted by Crippen LogP contribution is 2.32. The number of aromatic nitrogens is 1. The van der Waals surface area contributed by atoms with Crippen LogP contribution in [0.5, 0.6) is 11.5 Å². The number of ether oxygens (including phenoxy) is 2. The molecule has 0 radical (unpaired) electrons. The molecule has 0 fully saturated rings. The number of hydrogen-bond donors (Lipinski definition) is 1. The predicted molar refractivity (Wildman–Crippen MR) is 81.9 cm³/mol. The Morgan fingerprint density at radius 1 is 1.09 bits per heavy atom. The minimum absolute atomic E-state index is 0.0169. The molecule has 1 aromatic carbocycles. The zero-order chi connectivity index (χ0) is 16.3. The van der Waals surface area contributed by atoms with Gasteiger partial charge in [-0.3, -0.25) is 4.79 Å². The van der Waals surface area contributed by atoms with Crippen molar-refractivity contribution in [2.75, 3.05) is 14.2 Å². The lowest BCUT2D eigenvalue weighted by Gasteiger charge is -2.12. The van der Waals surface area contributed by atoms with Gasteiger partial charge in [0.1, 0.15) is 4.60 Å². The van der Waals surface area contributed by atoms with Crippen LogP contribution >= 0.6 is 15.9 Å². The monoisotopic (exact) mass is 365 g/mol. The van der Waals surface area contributed by atoms with E-state index in [4.69, 9.17) is 9.47 Å². The van der Waals surface area contributed by atoms with Crippen molar-refractivity contribution in [1.82, 2.24) is 4.98 Å². The van der Waals surface area contributed by atoms with Crippen LogP contribution in [0.4, 0.5) is 0 Å². The molecule has 7 heteroatoms. The Kier molecular flexibility index (Phi) is 4.77. The Morgan fingerprint density at radius 3 is 2.18 bits per heavy atom. The summed E-state index contributed by atoms with van der Waals surface area (Å²) in [6.07, 6.45) is 1.46. The van der Waals surface area contributed by atoms with Gasteiger partial charge in [-0.2, -0.15) is 0 Å². The highest BCUT2D eigenvalue weighted by atomic mass is 79.9. The standard InChI is InChI=1S/C15H12BrNO5/c1-21-11-6-9(10(15(19)20)7-12(11)22-2)14(18)8-3-4-17-13(16)5-8/h3-7H,1-2H3,(H,19,20). The largest absolute Gasteiger partial charge is 0.493 e. The first-order valence-electron chi connectivity index (χ1n) is 6.13. The molecule has 0 saturated carbocycles. The van der Waals surface area contributed by atoms with E-state index in [-0.39, 0.29) is 22.6 Å². The van der Waals surface area contributed by atoms with E-state index in [1.807, 2.05) is 0 Å². The Hall–Kier alpha value is -2.41. The van der Waals surface area contributed by atoms with E-state index in [9.17, 15) is 14.7 Å². The van der Waals surface area contributed by atoms with Gasteiger partial charge in [-0.25, -0.2) is 9.78 Å². The number of nitrogens with zero attached hydrogens (tertiary/aromatic N) is 1. The first-order valence-corrected chi connectivity index (χ1v) is 6.92. The summed E-state index contributed by atoms with van der Waals surface area (Å²) in [5.74, 6) is -1.14. The second-order valence-corrected chi connectivity index (χ2v) is 5.07. The molecule has 0 aliphatic carbocycles. The predicted octanol–water partition coefficient (Wildman–Crippen LogP) is 2.79. The molecule has 6 nitrogen and oxygen atoms in total. The van der Waals surface area contributed by atoms with Gasteiger partial charge in [0.05, 0.1) is 19.8 Å². The second-order valence-electron chi connectivity index (χ2n) is 4.25. The van der Waals surface area contributed by atoms with Crippen LogP contribution in [0.2, 0.25) is 0 Å². The van der Waals surface area contributed by atoms with Gasteiger partial charge in [-0.15, -0.1) is 0 Å². The quantitative estimate of drug-likeness (QED) is 0.647. The van der Waals surface area contributed by atoms with Crippen LogP contribution in [-0.4, -0.2) is 36.1 Å². The van der Waals surface area contributed by atoms with Crippen molar-refractivity contribution in [1.29, 1.82) is 0 Å². The van der Waals surface area contributed by atoms with Gasteiger partial charge in [0.2, 0.25) is 0 Å². The third-order valence-corrected chi connectivity index (χ3v) is 3.42. The molecule has 0 amide bonds. The van der Waals surface area contributed by atoms with Gasteiger partial charge < -0.3 is 14.6 Å². The summed E-state index contributed by atoms with van der Waals surface area (Å²) < 4.78 is 10.7.